The molecule has 4 heteroatoms. The lowest BCUT2D eigenvalue weighted by Gasteiger charge is -2.40. The highest BCUT2D eigenvalue weighted by atomic mass is 35.5. The van der Waals surface area contributed by atoms with E-state index in [1.54, 1.807) is 0 Å². The lowest BCUT2D eigenvalue weighted by atomic mass is 9.77. The SMILES string of the molecule is Cc1cccc(CN2CCN(C(c3ccc(Cl)cc3)c3cc(C(C)(C)C)c(O)c(C(C)(C)C)c3)CC2)c1. The van der Waals surface area contributed by atoms with Crippen molar-refractivity contribution in [2.75, 3.05) is 26.2 Å². The molecule has 1 fully saturated rings. The highest BCUT2D eigenvalue weighted by Crippen LogP contribution is 2.43. The van der Waals surface area contributed by atoms with E-state index in [9.17, 15) is 5.11 Å². The fourth-order valence-electron chi connectivity index (χ4n) is 5.47. The van der Waals surface area contributed by atoms with Crippen LogP contribution in [-0.2, 0) is 17.4 Å². The predicted molar refractivity (Wildman–Crippen MR) is 157 cm³/mol. The van der Waals surface area contributed by atoms with Gasteiger partial charge in [-0.3, -0.25) is 9.80 Å². The topological polar surface area (TPSA) is 26.7 Å². The first-order chi connectivity index (χ1) is 17.3. The van der Waals surface area contributed by atoms with E-state index in [0.29, 0.717) is 5.75 Å². The molecule has 1 unspecified atom stereocenters. The average Bonchev–Trinajstić information content (AvgIpc) is 2.81. The molecule has 1 aliphatic heterocycles. The Morgan fingerprint density at radius 1 is 0.784 bits per heavy atom. The number of phenolic OH excluding ortho intramolecular Hbond substituents is 1. The number of rotatable bonds is 5. The van der Waals surface area contributed by atoms with Crippen LogP contribution in [0.3, 0.4) is 0 Å². The summed E-state index contributed by atoms with van der Waals surface area (Å²) in [6.45, 7) is 20.2. The molecule has 0 bridgehead atoms. The van der Waals surface area contributed by atoms with Gasteiger partial charge in [-0.05, 0) is 69.8 Å². The van der Waals surface area contributed by atoms with E-state index in [-0.39, 0.29) is 16.9 Å². The van der Waals surface area contributed by atoms with Crippen molar-refractivity contribution >= 4 is 11.6 Å². The number of piperazine rings is 1. The molecule has 0 spiro atoms. The quantitative estimate of drug-likeness (QED) is 0.372. The molecular weight excluding hydrogens is 476 g/mol. The molecule has 0 radical (unpaired) electrons. The monoisotopic (exact) mass is 518 g/mol. The zero-order valence-electron chi connectivity index (χ0n) is 23.6. The summed E-state index contributed by atoms with van der Waals surface area (Å²) in [7, 11) is 0. The molecule has 0 aromatic heterocycles. The third kappa shape index (κ3) is 6.57. The van der Waals surface area contributed by atoms with E-state index >= 15 is 0 Å². The number of hydrogen-bond acceptors (Lipinski definition) is 3. The van der Waals surface area contributed by atoms with Gasteiger partial charge in [-0.25, -0.2) is 0 Å². The van der Waals surface area contributed by atoms with Gasteiger partial charge >= 0.3 is 0 Å². The maximum atomic E-state index is 11.3. The van der Waals surface area contributed by atoms with Crippen molar-refractivity contribution in [3.05, 3.63) is 99.1 Å². The number of aryl methyl sites for hydroxylation is 1. The molecule has 1 heterocycles. The summed E-state index contributed by atoms with van der Waals surface area (Å²) in [6.07, 6.45) is 0. The van der Waals surface area contributed by atoms with E-state index in [1.165, 1.54) is 22.3 Å². The number of halogens is 1. The lowest BCUT2D eigenvalue weighted by molar-refractivity contribution is 0.105. The summed E-state index contributed by atoms with van der Waals surface area (Å²) < 4.78 is 0. The van der Waals surface area contributed by atoms with Gasteiger partial charge < -0.3 is 5.11 Å². The van der Waals surface area contributed by atoms with Crippen LogP contribution in [0.4, 0.5) is 0 Å². The van der Waals surface area contributed by atoms with Gasteiger partial charge in [0.2, 0.25) is 0 Å². The Balaban J connectivity index is 1.70. The minimum Gasteiger partial charge on any atom is -0.507 e. The van der Waals surface area contributed by atoms with Gasteiger partial charge in [0.25, 0.3) is 0 Å². The van der Waals surface area contributed by atoms with Crippen molar-refractivity contribution in [1.82, 2.24) is 9.80 Å². The van der Waals surface area contributed by atoms with Crippen LogP contribution in [-0.4, -0.2) is 41.1 Å². The van der Waals surface area contributed by atoms with Crippen molar-refractivity contribution in [2.45, 2.75) is 71.9 Å². The van der Waals surface area contributed by atoms with Crippen LogP contribution in [0.5, 0.6) is 5.75 Å². The largest absolute Gasteiger partial charge is 0.507 e. The molecule has 4 rings (SSSR count). The zero-order chi connectivity index (χ0) is 27.0. The Labute approximate surface area is 229 Å². The summed E-state index contributed by atoms with van der Waals surface area (Å²) in [6, 6.07) is 21.7. The minimum absolute atomic E-state index is 0.0983. The van der Waals surface area contributed by atoms with E-state index in [0.717, 1.165) is 48.9 Å². The summed E-state index contributed by atoms with van der Waals surface area (Å²) >= 11 is 6.29. The van der Waals surface area contributed by atoms with Gasteiger partial charge in [-0.15, -0.1) is 0 Å². The molecule has 37 heavy (non-hydrogen) atoms. The van der Waals surface area contributed by atoms with Crippen LogP contribution in [0.1, 0.15) is 81.0 Å². The van der Waals surface area contributed by atoms with Crippen molar-refractivity contribution in [3.63, 3.8) is 0 Å². The van der Waals surface area contributed by atoms with Gasteiger partial charge in [0.1, 0.15) is 5.75 Å². The number of hydrogen-bond donors (Lipinski definition) is 1. The van der Waals surface area contributed by atoms with Gasteiger partial charge in [0.15, 0.2) is 0 Å². The van der Waals surface area contributed by atoms with E-state index in [2.05, 4.69) is 107 Å². The highest BCUT2D eigenvalue weighted by molar-refractivity contribution is 6.30. The number of phenols is 1. The third-order valence-corrected chi connectivity index (χ3v) is 7.76. The Hall–Kier alpha value is -2.33. The van der Waals surface area contributed by atoms with E-state index in [4.69, 9.17) is 11.6 Å². The second-order valence-corrected chi connectivity index (χ2v) is 13.2. The summed E-state index contributed by atoms with van der Waals surface area (Å²) in [5, 5.41) is 12.1. The molecule has 198 valence electrons. The van der Waals surface area contributed by atoms with Gasteiger partial charge in [-0.1, -0.05) is 95.1 Å². The van der Waals surface area contributed by atoms with Gasteiger partial charge in [0, 0.05) is 37.7 Å². The molecule has 0 aliphatic carbocycles. The molecule has 0 saturated carbocycles. The van der Waals surface area contributed by atoms with Crippen molar-refractivity contribution in [2.24, 2.45) is 0 Å². The van der Waals surface area contributed by atoms with Crippen molar-refractivity contribution < 1.29 is 5.11 Å². The summed E-state index contributed by atoms with van der Waals surface area (Å²) in [5.74, 6) is 0.432. The normalized spacial score (nSPS) is 16.6. The third-order valence-electron chi connectivity index (χ3n) is 7.51. The smallest absolute Gasteiger partial charge is 0.123 e. The lowest BCUT2D eigenvalue weighted by Crippen LogP contribution is -2.47. The first-order valence-corrected chi connectivity index (χ1v) is 13.9. The molecule has 1 aliphatic rings. The zero-order valence-corrected chi connectivity index (χ0v) is 24.4. The van der Waals surface area contributed by atoms with Crippen molar-refractivity contribution in [1.29, 1.82) is 0 Å². The molecule has 3 aromatic carbocycles. The average molecular weight is 519 g/mol. The highest BCUT2D eigenvalue weighted by Gasteiger charge is 2.32. The Bertz CT molecular complexity index is 1180. The second kappa shape index (κ2) is 10.8. The van der Waals surface area contributed by atoms with E-state index < -0.39 is 0 Å². The van der Waals surface area contributed by atoms with Crippen LogP contribution in [0.25, 0.3) is 0 Å². The molecule has 3 aromatic rings. The van der Waals surface area contributed by atoms with Crippen molar-refractivity contribution in [3.8, 4) is 5.75 Å². The standard InChI is InChI=1S/C33H43ClN2O/c1-23-9-8-10-24(19-23)22-35-15-17-36(18-16-35)30(25-11-13-27(34)14-12-25)26-20-28(32(2,3)4)31(37)29(21-26)33(5,6)7/h8-14,19-21,30,37H,15-18,22H2,1-7H3. The Kier molecular flexibility index (Phi) is 8.09. The minimum atomic E-state index is -0.169. The molecule has 1 atom stereocenters. The Morgan fingerprint density at radius 2 is 1.35 bits per heavy atom. The molecular formula is C33H43ClN2O. The fraction of sp³-hybridized carbons (Fsp3) is 0.455. The first-order valence-electron chi connectivity index (χ1n) is 13.5. The Morgan fingerprint density at radius 3 is 1.86 bits per heavy atom. The second-order valence-electron chi connectivity index (χ2n) is 12.7. The first kappa shape index (κ1) is 27.7. The number of benzene rings is 3. The molecule has 0 amide bonds. The van der Waals surface area contributed by atoms with Gasteiger partial charge in [0.05, 0.1) is 6.04 Å². The van der Waals surface area contributed by atoms with Crippen LogP contribution in [0.2, 0.25) is 5.02 Å². The van der Waals surface area contributed by atoms with Crippen LogP contribution in [0.15, 0.2) is 60.7 Å². The number of aromatic hydroxyl groups is 1. The maximum absolute atomic E-state index is 11.3. The van der Waals surface area contributed by atoms with Gasteiger partial charge in [-0.2, -0.15) is 0 Å². The molecule has 1 saturated heterocycles. The summed E-state index contributed by atoms with van der Waals surface area (Å²) in [4.78, 5) is 5.16. The molecule has 1 N–H and O–H groups in total. The maximum Gasteiger partial charge on any atom is 0.123 e. The summed E-state index contributed by atoms with van der Waals surface area (Å²) in [5.41, 5.74) is 6.85. The molecule has 3 nitrogen and oxygen atoms in total. The van der Waals surface area contributed by atoms with Crippen LogP contribution < -0.4 is 0 Å². The predicted octanol–water partition coefficient (Wildman–Crippen LogP) is 7.86. The van der Waals surface area contributed by atoms with Crippen LogP contribution in [0, 0.1) is 6.92 Å². The van der Waals surface area contributed by atoms with Crippen LogP contribution >= 0.6 is 11.6 Å². The van der Waals surface area contributed by atoms with E-state index in [1.807, 2.05) is 12.1 Å². The number of nitrogens with zero attached hydrogens (tertiary/aromatic N) is 2. The fourth-order valence-corrected chi connectivity index (χ4v) is 5.59.